The van der Waals surface area contributed by atoms with Crippen LogP contribution in [0, 0.1) is 10.1 Å². The van der Waals surface area contributed by atoms with E-state index in [1.165, 1.54) is 25.0 Å². The third-order valence-electron chi connectivity index (χ3n) is 3.68. The van der Waals surface area contributed by atoms with Gasteiger partial charge in [-0.2, -0.15) is 0 Å². The molecule has 0 radical (unpaired) electrons. The Morgan fingerprint density at radius 2 is 2.21 bits per heavy atom. The molecule has 3 N–H and O–H groups in total. The zero-order chi connectivity index (χ0) is 13.4. The number of aromatic nitrogens is 1. The van der Waals surface area contributed by atoms with E-state index in [-0.39, 0.29) is 11.5 Å². The fourth-order valence-electron chi connectivity index (χ4n) is 2.60. The third kappa shape index (κ3) is 2.76. The topological polar surface area (TPSA) is 97.3 Å². The summed E-state index contributed by atoms with van der Waals surface area (Å²) in [4.78, 5) is 16.9. The van der Waals surface area contributed by atoms with Crippen molar-refractivity contribution < 1.29 is 4.92 Å². The minimum Gasteiger partial charge on any atom is -0.383 e. The Kier molecular flexibility index (Phi) is 2.98. The summed E-state index contributed by atoms with van der Waals surface area (Å²) in [7, 11) is 0. The number of anilines is 2. The van der Waals surface area contributed by atoms with E-state index < -0.39 is 4.92 Å². The molecule has 1 aromatic rings. The highest BCUT2D eigenvalue weighted by molar-refractivity contribution is 5.53. The van der Waals surface area contributed by atoms with Crippen LogP contribution < -0.4 is 11.1 Å². The second-order valence-electron chi connectivity index (χ2n) is 5.25. The number of likely N-dealkylation sites (tertiary alicyclic amines) is 1. The maximum atomic E-state index is 10.8. The van der Waals surface area contributed by atoms with Crippen molar-refractivity contribution in [2.45, 2.75) is 31.3 Å². The van der Waals surface area contributed by atoms with Crippen LogP contribution in [-0.2, 0) is 0 Å². The normalized spacial score (nSPS) is 23.5. The van der Waals surface area contributed by atoms with Gasteiger partial charge in [-0.25, -0.2) is 4.98 Å². The van der Waals surface area contributed by atoms with Crippen LogP contribution in [-0.4, -0.2) is 40.0 Å². The minimum absolute atomic E-state index is 0.0213. The number of nitrogens with zero attached hydrogens (tertiary/aromatic N) is 3. The van der Waals surface area contributed by atoms with Crippen LogP contribution in [0.3, 0.4) is 0 Å². The summed E-state index contributed by atoms with van der Waals surface area (Å²) in [6, 6.07) is 3.77. The predicted octanol–water partition coefficient (Wildman–Crippen LogP) is 1.22. The molecule has 3 rings (SSSR count). The Balaban J connectivity index is 1.67. The molecule has 1 aliphatic carbocycles. The summed E-state index contributed by atoms with van der Waals surface area (Å²) in [6.07, 6.45) is 3.64. The van der Waals surface area contributed by atoms with E-state index in [1.807, 2.05) is 0 Å². The maximum Gasteiger partial charge on any atom is 0.276 e. The smallest absolute Gasteiger partial charge is 0.276 e. The summed E-state index contributed by atoms with van der Waals surface area (Å²) in [6.45, 7) is 2.07. The first kappa shape index (κ1) is 12.2. The summed E-state index contributed by atoms with van der Waals surface area (Å²) >= 11 is 0. The molecular formula is C12H17N5O2. The molecule has 1 aromatic heterocycles. The van der Waals surface area contributed by atoms with Crippen molar-refractivity contribution in [2.75, 3.05) is 24.1 Å². The molecule has 0 amide bonds. The van der Waals surface area contributed by atoms with Crippen molar-refractivity contribution in [3.8, 4) is 0 Å². The Morgan fingerprint density at radius 1 is 1.42 bits per heavy atom. The average Bonchev–Trinajstić information content (AvgIpc) is 3.10. The Labute approximate surface area is 110 Å². The molecule has 0 spiro atoms. The van der Waals surface area contributed by atoms with Gasteiger partial charge in [0.15, 0.2) is 0 Å². The fourth-order valence-corrected chi connectivity index (χ4v) is 2.60. The molecule has 1 atom stereocenters. The van der Waals surface area contributed by atoms with Gasteiger partial charge in [-0.05, 0) is 19.3 Å². The number of hydrogen-bond acceptors (Lipinski definition) is 6. The molecule has 1 saturated carbocycles. The molecule has 7 heteroatoms. The highest BCUT2D eigenvalue weighted by Crippen LogP contribution is 2.30. The zero-order valence-electron chi connectivity index (χ0n) is 10.6. The lowest BCUT2D eigenvalue weighted by Gasteiger charge is -2.16. The number of nitro groups is 1. The number of nitrogen functional groups attached to an aromatic ring is 1. The van der Waals surface area contributed by atoms with Gasteiger partial charge in [0.1, 0.15) is 11.6 Å². The quantitative estimate of drug-likeness (QED) is 0.626. The van der Waals surface area contributed by atoms with Gasteiger partial charge in [-0.3, -0.25) is 15.0 Å². The Morgan fingerprint density at radius 3 is 2.89 bits per heavy atom. The molecule has 1 aliphatic heterocycles. The van der Waals surface area contributed by atoms with Gasteiger partial charge in [0, 0.05) is 25.2 Å². The highest BCUT2D eigenvalue weighted by atomic mass is 16.6. The van der Waals surface area contributed by atoms with Gasteiger partial charge >= 0.3 is 0 Å². The first-order valence-electron chi connectivity index (χ1n) is 6.54. The van der Waals surface area contributed by atoms with Crippen molar-refractivity contribution >= 4 is 17.3 Å². The van der Waals surface area contributed by atoms with Crippen LogP contribution in [0.2, 0.25) is 0 Å². The van der Waals surface area contributed by atoms with Crippen molar-refractivity contribution in [2.24, 2.45) is 0 Å². The van der Waals surface area contributed by atoms with Crippen LogP contribution in [0.4, 0.5) is 17.3 Å². The molecule has 0 aromatic carbocycles. The predicted molar refractivity (Wildman–Crippen MR) is 71.9 cm³/mol. The van der Waals surface area contributed by atoms with Crippen molar-refractivity contribution in [1.29, 1.82) is 0 Å². The number of nitrogens with two attached hydrogens (primary N) is 1. The Bertz CT molecular complexity index is 503. The van der Waals surface area contributed by atoms with Crippen molar-refractivity contribution in [3.05, 3.63) is 22.2 Å². The van der Waals surface area contributed by atoms with Gasteiger partial charge < -0.3 is 11.1 Å². The van der Waals surface area contributed by atoms with E-state index in [0.29, 0.717) is 11.9 Å². The molecule has 1 unspecified atom stereocenters. The van der Waals surface area contributed by atoms with Gasteiger partial charge in [0.05, 0.1) is 17.1 Å². The lowest BCUT2D eigenvalue weighted by atomic mass is 10.2. The fraction of sp³-hybridized carbons (Fsp3) is 0.583. The van der Waals surface area contributed by atoms with Gasteiger partial charge in [0.25, 0.3) is 5.69 Å². The van der Waals surface area contributed by atoms with Crippen molar-refractivity contribution in [1.82, 2.24) is 9.88 Å². The average molecular weight is 263 g/mol. The second kappa shape index (κ2) is 4.65. The molecule has 2 fully saturated rings. The lowest BCUT2D eigenvalue weighted by Crippen LogP contribution is -2.28. The number of pyridine rings is 1. The largest absolute Gasteiger partial charge is 0.383 e. The van der Waals surface area contributed by atoms with E-state index in [0.717, 1.165) is 25.6 Å². The third-order valence-corrected chi connectivity index (χ3v) is 3.68. The van der Waals surface area contributed by atoms with Gasteiger partial charge in [0.2, 0.25) is 0 Å². The zero-order valence-corrected chi connectivity index (χ0v) is 10.6. The van der Waals surface area contributed by atoms with Crippen LogP contribution >= 0.6 is 0 Å². The summed E-state index contributed by atoms with van der Waals surface area (Å²) in [5.74, 6) is 0.670. The summed E-state index contributed by atoms with van der Waals surface area (Å²) < 4.78 is 0. The van der Waals surface area contributed by atoms with E-state index in [1.54, 1.807) is 0 Å². The minimum atomic E-state index is -0.450. The van der Waals surface area contributed by atoms with Crippen LogP contribution in [0.5, 0.6) is 0 Å². The van der Waals surface area contributed by atoms with Crippen LogP contribution in [0.25, 0.3) is 0 Å². The molecule has 7 nitrogen and oxygen atoms in total. The molecule has 2 heterocycles. The molecule has 1 saturated heterocycles. The van der Waals surface area contributed by atoms with Crippen LogP contribution in [0.15, 0.2) is 12.1 Å². The monoisotopic (exact) mass is 263 g/mol. The SMILES string of the molecule is Nc1cc([N+](=O)[O-])cc(NC2CCN(C3CC3)C2)n1. The first-order chi connectivity index (χ1) is 9.11. The molecule has 0 bridgehead atoms. The summed E-state index contributed by atoms with van der Waals surface area (Å²) in [5, 5.41) is 14.0. The summed E-state index contributed by atoms with van der Waals surface area (Å²) in [5.41, 5.74) is 5.57. The molecular weight excluding hydrogens is 246 g/mol. The van der Waals surface area contributed by atoms with Gasteiger partial charge in [-0.1, -0.05) is 0 Å². The second-order valence-corrected chi connectivity index (χ2v) is 5.25. The molecule has 19 heavy (non-hydrogen) atoms. The number of rotatable bonds is 4. The number of hydrogen-bond donors (Lipinski definition) is 2. The van der Waals surface area contributed by atoms with Gasteiger partial charge in [-0.15, -0.1) is 0 Å². The Hall–Kier alpha value is -1.89. The van der Waals surface area contributed by atoms with E-state index in [9.17, 15) is 10.1 Å². The molecule has 102 valence electrons. The maximum absolute atomic E-state index is 10.8. The highest BCUT2D eigenvalue weighted by Gasteiger charge is 2.34. The number of nitrogens with one attached hydrogen (secondary N) is 1. The van der Waals surface area contributed by atoms with E-state index >= 15 is 0 Å². The van der Waals surface area contributed by atoms with Crippen LogP contribution in [0.1, 0.15) is 19.3 Å². The van der Waals surface area contributed by atoms with E-state index in [2.05, 4.69) is 15.2 Å². The standard InChI is InChI=1S/C12H17N5O2/c13-11-5-10(17(18)19)6-12(15-11)14-8-3-4-16(7-8)9-1-2-9/h5-6,8-9H,1-4,7H2,(H3,13,14,15). The van der Waals surface area contributed by atoms with Crippen molar-refractivity contribution in [3.63, 3.8) is 0 Å². The van der Waals surface area contributed by atoms with E-state index in [4.69, 9.17) is 5.73 Å². The molecule has 2 aliphatic rings. The lowest BCUT2D eigenvalue weighted by molar-refractivity contribution is -0.384. The first-order valence-corrected chi connectivity index (χ1v) is 6.54.